The van der Waals surface area contributed by atoms with Crippen molar-refractivity contribution in [1.29, 1.82) is 0 Å². The van der Waals surface area contributed by atoms with Crippen LogP contribution in [0, 0.1) is 12.3 Å². The summed E-state index contributed by atoms with van der Waals surface area (Å²) in [7, 11) is -12.0. The second-order valence-electron chi connectivity index (χ2n) is 13.6. The maximum absolute atomic E-state index is 13.3. The minimum Gasteiger partial charge on any atom is -0.410 e. The average molecular weight is 592 g/mol. The largest absolute Gasteiger partial charge is 0.410 e. The molecule has 39 heavy (non-hydrogen) atoms. The molecule has 1 spiro atoms. The smallest absolute Gasteiger partial charge is 0.310 e. The van der Waals surface area contributed by atoms with Gasteiger partial charge in [-0.1, -0.05) is 72.6 Å². The molecule has 1 fully saturated rings. The van der Waals surface area contributed by atoms with Crippen molar-refractivity contribution >= 4 is 18.5 Å². The van der Waals surface area contributed by atoms with Crippen LogP contribution in [-0.2, 0) is 10.8 Å². The first-order chi connectivity index (χ1) is 17.4. The highest BCUT2D eigenvalue weighted by atomic mass is 32.5. The Balaban J connectivity index is 1.85. The molecule has 2 atom stereocenters. The number of aliphatic hydroxyl groups excluding tert-OH is 1. The van der Waals surface area contributed by atoms with Crippen molar-refractivity contribution in [2.75, 3.05) is 0 Å². The summed E-state index contributed by atoms with van der Waals surface area (Å²) in [5.41, 5.74) is 4.26. The van der Waals surface area contributed by atoms with Crippen LogP contribution in [0.3, 0.4) is 0 Å². The van der Waals surface area contributed by atoms with Gasteiger partial charge < -0.3 is 9.53 Å². The first-order valence-corrected chi connectivity index (χ1v) is 18.5. The molecule has 2 aliphatic carbocycles. The molecule has 0 saturated heterocycles. The molecule has 1 saturated carbocycles. The van der Waals surface area contributed by atoms with E-state index in [0.717, 1.165) is 54.6 Å². The van der Waals surface area contributed by atoms with Crippen molar-refractivity contribution in [3.8, 4) is 0 Å². The van der Waals surface area contributed by atoms with Crippen molar-refractivity contribution in [2.45, 2.75) is 115 Å². The molecule has 2 unspecified atom stereocenters. The number of nitrogens with zero attached hydrogens (tertiary/aromatic N) is 1. The lowest BCUT2D eigenvalue weighted by Crippen LogP contribution is -2.46. The lowest BCUT2D eigenvalue weighted by atomic mass is 9.59. The summed E-state index contributed by atoms with van der Waals surface area (Å²) in [4.78, 5) is 3.13. The fourth-order valence-electron chi connectivity index (χ4n) is 5.85. The number of rotatable bonds is 6. The van der Waals surface area contributed by atoms with Crippen LogP contribution in [0.1, 0.15) is 112 Å². The van der Waals surface area contributed by atoms with Crippen molar-refractivity contribution in [2.24, 2.45) is 5.41 Å². The number of aromatic nitrogens is 1. The van der Waals surface area contributed by atoms with E-state index in [9.17, 15) is 24.5 Å². The van der Waals surface area contributed by atoms with Crippen LogP contribution in [0.5, 0.6) is 0 Å². The number of hydrogen-bond donors (Lipinski definition) is 1. The molecule has 3 nitrogen and oxygen atoms in total. The van der Waals surface area contributed by atoms with Gasteiger partial charge in [-0.15, -0.1) is 0 Å². The van der Waals surface area contributed by atoms with Crippen LogP contribution in [0.4, 0.5) is 19.4 Å². The summed E-state index contributed by atoms with van der Waals surface area (Å²) in [6.07, 6.45) is 3.66. The van der Waals surface area contributed by atoms with Gasteiger partial charge in [0.15, 0.2) is 8.32 Å². The molecule has 4 rings (SSSR count). The number of aliphatic hydroxyl groups is 1. The van der Waals surface area contributed by atoms with Crippen LogP contribution in [0.15, 0.2) is 29.2 Å². The Morgan fingerprint density at radius 1 is 1.05 bits per heavy atom. The summed E-state index contributed by atoms with van der Waals surface area (Å²) in [6.45, 7) is 16.9. The maximum Gasteiger partial charge on any atom is 0.310 e. The summed E-state index contributed by atoms with van der Waals surface area (Å²) in [6, 6.07) is 2.60. The minimum atomic E-state index is -9.81. The van der Waals surface area contributed by atoms with Gasteiger partial charge in [-0.05, 0) is 85.3 Å². The van der Waals surface area contributed by atoms with E-state index in [2.05, 4.69) is 33.9 Å². The van der Waals surface area contributed by atoms with Gasteiger partial charge >= 0.3 is 10.2 Å². The zero-order valence-electron chi connectivity index (χ0n) is 24.2. The predicted octanol–water partition coefficient (Wildman–Crippen LogP) is 10.4. The van der Waals surface area contributed by atoms with E-state index in [1.807, 2.05) is 20.8 Å². The molecule has 2 aromatic rings. The van der Waals surface area contributed by atoms with E-state index in [1.165, 1.54) is 6.42 Å². The number of pyridine rings is 1. The van der Waals surface area contributed by atoms with E-state index in [0.29, 0.717) is 23.4 Å². The number of halogens is 5. The van der Waals surface area contributed by atoms with E-state index in [4.69, 9.17) is 9.41 Å². The molecule has 1 N–H and O–H groups in total. The van der Waals surface area contributed by atoms with Crippen molar-refractivity contribution < 1.29 is 29.0 Å². The molecule has 0 amide bonds. The average Bonchev–Trinajstić information content (AvgIpc) is 2.74. The third-order valence-corrected chi connectivity index (χ3v) is 14.9. The Bertz CT molecular complexity index is 1270. The predicted molar refractivity (Wildman–Crippen MR) is 151 cm³/mol. The zero-order valence-corrected chi connectivity index (χ0v) is 26.0. The lowest BCUT2D eigenvalue weighted by Gasteiger charge is -2.51. The molecule has 1 aromatic heterocycles. The highest BCUT2D eigenvalue weighted by molar-refractivity contribution is 8.45. The highest BCUT2D eigenvalue weighted by Crippen LogP contribution is 3.02. The molecule has 0 bridgehead atoms. The SMILES string of the molecule is Cc1c2c(nc(C(C)C)c1C(O)c1ccc(S(F)(F)(F)(F)F)cc1)CC1(CCC1)CC2O[Si](C)(C)C(C)(C)C. The van der Waals surface area contributed by atoms with Crippen LogP contribution < -0.4 is 0 Å². The molecule has 1 aromatic carbocycles. The second-order valence-corrected chi connectivity index (χ2v) is 20.8. The van der Waals surface area contributed by atoms with Crippen molar-refractivity contribution in [1.82, 2.24) is 4.98 Å². The normalized spacial score (nSPS) is 22.2. The summed E-state index contributed by atoms with van der Waals surface area (Å²) in [5, 5.41) is 11.5. The fourth-order valence-corrected chi connectivity index (χ4v) is 7.77. The van der Waals surface area contributed by atoms with Gasteiger partial charge in [0.05, 0.1) is 6.10 Å². The van der Waals surface area contributed by atoms with Crippen LogP contribution in [0.25, 0.3) is 0 Å². The molecular weight excluding hydrogens is 549 g/mol. The third-order valence-electron chi connectivity index (χ3n) is 9.25. The van der Waals surface area contributed by atoms with Crippen LogP contribution in [-0.4, -0.2) is 18.4 Å². The molecule has 10 heteroatoms. The topological polar surface area (TPSA) is 42.4 Å². The van der Waals surface area contributed by atoms with E-state index in [-0.39, 0.29) is 28.0 Å². The number of hydrogen-bond acceptors (Lipinski definition) is 3. The van der Waals surface area contributed by atoms with Gasteiger partial charge in [-0.3, -0.25) is 4.98 Å². The number of benzene rings is 1. The van der Waals surface area contributed by atoms with Crippen LogP contribution >= 0.6 is 10.2 Å². The first-order valence-electron chi connectivity index (χ1n) is 13.7. The van der Waals surface area contributed by atoms with Gasteiger partial charge in [0.2, 0.25) is 0 Å². The molecular formula is C29H42F5NO2SSi. The molecule has 1 heterocycles. The van der Waals surface area contributed by atoms with Gasteiger partial charge in [0.1, 0.15) is 11.0 Å². The van der Waals surface area contributed by atoms with Gasteiger partial charge in [-0.2, -0.15) is 0 Å². The maximum atomic E-state index is 13.3. The summed E-state index contributed by atoms with van der Waals surface area (Å²) < 4.78 is 73.5. The lowest BCUT2D eigenvalue weighted by molar-refractivity contribution is 0.0294. The Morgan fingerprint density at radius 2 is 1.62 bits per heavy atom. The van der Waals surface area contributed by atoms with Crippen molar-refractivity contribution in [3.05, 3.63) is 57.9 Å². The zero-order chi connectivity index (χ0) is 29.5. The molecule has 0 radical (unpaired) electrons. The summed E-state index contributed by atoms with van der Waals surface area (Å²) in [5.74, 6) is -0.0679. The second kappa shape index (κ2) is 8.75. The minimum absolute atomic E-state index is 0.0104. The third kappa shape index (κ3) is 5.81. The standard InChI is InChI=1S/C29H42F5NO2SSi/c1-18(2)26-25(27(36)20-10-12-21(13-11-20)38(30,31,32,33)34)19(3)24-22(35-26)16-29(14-9-15-29)17-23(24)37-39(7,8)28(4,5)6/h10-13,18,23,27,36H,9,14-17H2,1-8H3. The summed E-state index contributed by atoms with van der Waals surface area (Å²) >= 11 is 0. The first kappa shape index (κ1) is 30.5. The van der Waals surface area contributed by atoms with Gasteiger partial charge in [0, 0.05) is 22.5 Å². The fraction of sp³-hybridized carbons (Fsp3) is 0.621. The van der Waals surface area contributed by atoms with E-state index in [1.54, 1.807) is 0 Å². The quantitative estimate of drug-likeness (QED) is 0.268. The van der Waals surface area contributed by atoms with Crippen molar-refractivity contribution in [3.63, 3.8) is 0 Å². The van der Waals surface area contributed by atoms with Gasteiger partial charge in [0.25, 0.3) is 0 Å². The molecule has 0 aliphatic heterocycles. The van der Waals surface area contributed by atoms with Crippen LogP contribution in [0.2, 0.25) is 18.1 Å². The molecule has 2 aliphatic rings. The Labute approximate surface area is 230 Å². The van der Waals surface area contributed by atoms with E-state index >= 15 is 0 Å². The number of fused-ring (bicyclic) bond motifs is 1. The molecule has 220 valence electrons. The monoisotopic (exact) mass is 591 g/mol. The Morgan fingerprint density at radius 3 is 2.05 bits per heavy atom. The highest BCUT2D eigenvalue weighted by Gasteiger charge is 2.65. The van der Waals surface area contributed by atoms with Gasteiger partial charge in [-0.25, -0.2) is 0 Å². The Kier molecular flexibility index (Phi) is 6.84. The Hall–Kier alpha value is -1.49. The van der Waals surface area contributed by atoms with E-state index < -0.39 is 29.5 Å².